The van der Waals surface area contributed by atoms with E-state index in [-0.39, 0.29) is 18.3 Å². The number of nitrogens with one attached hydrogen (secondary N) is 1. The standard InChI is InChI=1S/C19H22N4O3/c1-13-11-18(22-19(20-13)23-9-3-4-10-23)26-12-17(25)21-16-7-5-15(6-8-16)14(2)24/h5-8,11H,3-4,9-10,12H2,1-2H3,(H,21,25). The number of rotatable bonds is 6. The molecular formula is C19H22N4O3. The maximum atomic E-state index is 12.1. The van der Waals surface area contributed by atoms with Crippen LogP contribution in [0.2, 0.25) is 0 Å². The van der Waals surface area contributed by atoms with Crippen LogP contribution in [0.1, 0.15) is 35.8 Å². The first-order chi connectivity index (χ1) is 12.5. The van der Waals surface area contributed by atoms with Gasteiger partial charge >= 0.3 is 0 Å². The van der Waals surface area contributed by atoms with E-state index in [2.05, 4.69) is 20.2 Å². The van der Waals surface area contributed by atoms with E-state index in [0.717, 1.165) is 31.6 Å². The highest BCUT2D eigenvalue weighted by atomic mass is 16.5. The van der Waals surface area contributed by atoms with Crippen LogP contribution in [0, 0.1) is 6.92 Å². The number of carbonyl (C=O) groups is 2. The van der Waals surface area contributed by atoms with Crippen LogP contribution in [0.4, 0.5) is 11.6 Å². The molecule has 2 aromatic rings. The van der Waals surface area contributed by atoms with Crippen LogP contribution in [-0.4, -0.2) is 41.4 Å². The molecule has 136 valence electrons. The Hall–Kier alpha value is -2.96. The molecule has 1 aliphatic heterocycles. The zero-order chi connectivity index (χ0) is 18.5. The summed E-state index contributed by atoms with van der Waals surface area (Å²) in [4.78, 5) is 34.3. The predicted molar refractivity (Wildman–Crippen MR) is 98.8 cm³/mol. The van der Waals surface area contributed by atoms with Gasteiger partial charge in [-0.1, -0.05) is 0 Å². The average molecular weight is 354 g/mol. The number of Topliss-reactive ketones (excluding diaryl/α,β-unsaturated/α-hetero) is 1. The van der Waals surface area contributed by atoms with E-state index >= 15 is 0 Å². The Morgan fingerprint density at radius 3 is 2.50 bits per heavy atom. The number of ether oxygens (including phenoxy) is 1. The second-order valence-electron chi connectivity index (χ2n) is 6.31. The van der Waals surface area contributed by atoms with Crippen LogP contribution >= 0.6 is 0 Å². The Bertz CT molecular complexity index is 799. The highest BCUT2D eigenvalue weighted by Gasteiger charge is 2.16. The quantitative estimate of drug-likeness (QED) is 0.803. The minimum atomic E-state index is -0.292. The summed E-state index contributed by atoms with van der Waals surface area (Å²) < 4.78 is 5.54. The highest BCUT2D eigenvalue weighted by Crippen LogP contribution is 2.19. The fourth-order valence-electron chi connectivity index (χ4n) is 2.78. The molecule has 1 fully saturated rings. The molecule has 1 N–H and O–H groups in total. The number of hydrogen-bond donors (Lipinski definition) is 1. The molecule has 0 atom stereocenters. The van der Waals surface area contributed by atoms with Gasteiger partial charge in [0.05, 0.1) is 0 Å². The van der Waals surface area contributed by atoms with Gasteiger partial charge in [-0.3, -0.25) is 9.59 Å². The molecule has 0 unspecified atom stereocenters. The number of amides is 1. The third kappa shape index (κ3) is 4.56. The van der Waals surface area contributed by atoms with Crippen molar-refractivity contribution in [1.82, 2.24) is 9.97 Å². The van der Waals surface area contributed by atoms with Gasteiger partial charge in [0, 0.05) is 36.1 Å². The lowest BCUT2D eigenvalue weighted by molar-refractivity contribution is -0.118. The summed E-state index contributed by atoms with van der Waals surface area (Å²) in [7, 11) is 0. The van der Waals surface area contributed by atoms with Crippen molar-refractivity contribution in [3.63, 3.8) is 0 Å². The van der Waals surface area contributed by atoms with E-state index in [1.807, 2.05) is 6.92 Å². The Morgan fingerprint density at radius 2 is 1.85 bits per heavy atom. The van der Waals surface area contributed by atoms with Crippen molar-refractivity contribution >= 4 is 23.3 Å². The summed E-state index contributed by atoms with van der Waals surface area (Å²) >= 11 is 0. The highest BCUT2D eigenvalue weighted by molar-refractivity contribution is 5.95. The number of carbonyl (C=O) groups excluding carboxylic acids is 2. The van der Waals surface area contributed by atoms with E-state index in [0.29, 0.717) is 23.1 Å². The fourth-order valence-corrected chi connectivity index (χ4v) is 2.78. The van der Waals surface area contributed by atoms with Crippen LogP contribution < -0.4 is 15.0 Å². The third-order valence-electron chi connectivity index (χ3n) is 4.13. The maximum Gasteiger partial charge on any atom is 0.262 e. The van der Waals surface area contributed by atoms with Gasteiger partial charge in [-0.15, -0.1) is 0 Å². The second-order valence-corrected chi connectivity index (χ2v) is 6.31. The van der Waals surface area contributed by atoms with E-state index < -0.39 is 0 Å². The van der Waals surface area contributed by atoms with Gasteiger partial charge in [0.15, 0.2) is 12.4 Å². The number of benzene rings is 1. The molecule has 1 aromatic carbocycles. The summed E-state index contributed by atoms with van der Waals surface area (Å²) in [6.07, 6.45) is 2.27. The molecule has 7 nitrogen and oxygen atoms in total. The van der Waals surface area contributed by atoms with E-state index in [1.54, 1.807) is 30.3 Å². The van der Waals surface area contributed by atoms with Gasteiger partial charge in [0.25, 0.3) is 5.91 Å². The number of aryl methyl sites for hydroxylation is 1. The van der Waals surface area contributed by atoms with Crippen LogP contribution in [0.15, 0.2) is 30.3 Å². The van der Waals surface area contributed by atoms with Gasteiger partial charge in [-0.05, 0) is 51.0 Å². The molecule has 1 aliphatic rings. The predicted octanol–water partition coefficient (Wildman–Crippen LogP) is 2.61. The minimum absolute atomic E-state index is 0.0147. The zero-order valence-electron chi connectivity index (χ0n) is 15.0. The van der Waals surface area contributed by atoms with Crippen molar-refractivity contribution in [3.8, 4) is 5.88 Å². The normalized spacial score (nSPS) is 13.5. The molecule has 0 aliphatic carbocycles. The van der Waals surface area contributed by atoms with Crippen LogP contribution in [0.5, 0.6) is 5.88 Å². The Morgan fingerprint density at radius 1 is 1.15 bits per heavy atom. The van der Waals surface area contributed by atoms with E-state index in [4.69, 9.17) is 4.74 Å². The molecule has 0 spiro atoms. The maximum absolute atomic E-state index is 12.1. The van der Waals surface area contributed by atoms with Crippen molar-refractivity contribution in [2.24, 2.45) is 0 Å². The topological polar surface area (TPSA) is 84.4 Å². The molecule has 26 heavy (non-hydrogen) atoms. The van der Waals surface area contributed by atoms with Crippen LogP contribution in [-0.2, 0) is 4.79 Å². The molecule has 0 bridgehead atoms. The van der Waals surface area contributed by atoms with E-state index in [9.17, 15) is 9.59 Å². The van der Waals surface area contributed by atoms with Gasteiger partial charge in [-0.2, -0.15) is 4.98 Å². The number of aromatic nitrogens is 2. The molecule has 1 amide bonds. The molecule has 0 radical (unpaired) electrons. The smallest absolute Gasteiger partial charge is 0.262 e. The molecule has 1 saturated heterocycles. The third-order valence-corrected chi connectivity index (χ3v) is 4.13. The van der Waals surface area contributed by atoms with E-state index in [1.165, 1.54) is 6.92 Å². The van der Waals surface area contributed by atoms with Gasteiger partial charge < -0.3 is 15.0 Å². The summed E-state index contributed by atoms with van der Waals surface area (Å²) in [5.74, 6) is 0.734. The number of ketones is 1. The molecule has 7 heteroatoms. The lowest BCUT2D eigenvalue weighted by Gasteiger charge is -2.16. The second kappa shape index (κ2) is 7.95. The summed E-state index contributed by atoms with van der Waals surface area (Å²) in [5.41, 5.74) is 2.02. The van der Waals surface area contributed by atoms with Crippen LogP contribution in [0.25, 0.3) is 0 Å². The Labute approximate surface area is 152 Å². The number of anilines is 2. The number of nitrogens with zero attached hydrogens (tertiary/aromatic N) is 3. The first-order valence-electron chi connectivity index (χ1n) is 8.65. The summed E-state index contributed by atoms with van der Waals surface area (Å²) in [5, 5.41) is 2.73. The van der Waals surface area contributed by atoms with Crippen molar-refractivity contribution in [2.45, 2.75) is 26.7 Å². The van der Waals surface area contributed by atoms with Gasteiger partial charge in [0.2, 0.25) is 11.8 Å². The molecule has 2 heterocycles. The Balaban J connectivity index is 1.58. The molecule has 3 rings (SSSR count). The largest absolute Gasteiger partial charge is 0.467 e. The first-order valence-corrected chi connectivity index (χ1v) is 8.65. The van der Waals surface area contributed by atoms with Crippen molar-refractivity contribution in [2.75, 3.05) is 29.9 Å². The van der Waals surface area contributed by atoms with Crippen LogP contribution in [0.3, 0.4) is 0 Å². The first kappa shape index (κ1) is 17.8. The molecule has 1 aromatic heterocycles. The van der Waals surface area contributed by atoms with Gasteiger partial charge in [0.1, 0.15) is 0 Å². The Kier molecular flexibility index (Phi) is 5.46. The van der Waals surface area contributed by atoms with Crippen molar-refractivity contribution in [3.05, 3.63) is 41.6 Å². The summed E-state index contributed by atoms with van der Waals surface area (Å²) in [6, 6.07) is 8.45. The fraction of sp³-hybridized carbons (Fsp3) is 0.368. The lowest BCUT2D eigenvalue weighted by Crippen LogP contribution is -2.23. The summed E-state index contributed by atoms with van der Waals surface area (Å²) in [6.45, 7) is 5.12. The average Bonchev–Trinajstić information content (AvgIpc) is 3.15. The molecular weight excluding hydrogens is 332 g/mol. The van der Waals surface area contributed by atoms with Crippen molar-refractivity contribution < 1.29 is 14.3 Å². The lowest BCUT2D eigenvalue weighted by atomic mass is 10.1. The van der Waals surface area contributed by atoms with Gasteiger partial charge in [-0.25, -0.2) is 4.98 Å². The van der Waals surface area contributed by atoms with Crippen molar-refractivity contribution in [1.29, 1.82) is 0 Å². The minimum Gasteiger partial charge on any atom is -0.467 e. The number of hydrogen-bond acceptors (Lipinski definition) is 6. The zero-order valence-corrected chi connectivity index (χ0v) is 15.0. The SMILES string of the molecule is CC(=O)c1ccc(NC(=O)COc2cc(C)nc(N3CCCC3)n2)cc1. The monoisotopic (exact) mass is 354 g/mol. The molecule has 0 saturated carbocycles.